The van der Waals surface area contributed by atoms with Crippen molar-refractivity contribution < 1.29 is 23.8 Å². The topological polar surface area (TPSA) is 76.7 Å². The van der Waals surface area contributed by atoms with Crippen molar-refractivity contribution in [2.75, 3.05) is 6.61 Å². The second kappa shape index (κ2) is 6.73. The average Bonchev–Trinajstić information content (AvgIpc) is 2.77. The largest absolute Gasteiger partial charge is 0.478 e. The molecular weight excluding hydrogens is 224 g/mol. The highest BCUT2D eigenvalue weighted by Gasteiger charge is 2.21. The zero-order valence-corrected chi connectivity index (χ0v) is 9.77. The molecule has 1 aromatic rings. The van der Waals surface area contributed by atoms with Crippen molar-refractivity contribution in [2.24, 2.45) is 0 Å². The third-order valence-electron chi connectivity index (χ3n) is 2.31. The van der Waals surface area contributed by atoms with E-state index in [0.29, 0.717) is 6.61 Å². The number of carboxylic acid groups (broad SMARTS) is 1. The molecule has 0 radical (unpaired) electrons. The molecule has 1 aromatic heterocycles. The summed E-state index contributed by atoms with van der Waals surface area (Å²) in [5.74, 6) is -2.16. The standard InChI is InChI=1S/C12H16O5/c1-2-3-4-5-7-17-12(15)10-9(11(13)14)6-8-16-10/h6,8H,2-5,7H2,1H3,(H,13,14). The molecule has 94 valence electrons. The number of carboxylic acids is 1. The highest BCUT2D eigenvalue weighted by atomic mass is 16.5. The molecule has 0 spiro atoms. The lowest BCUT2D eigenvalue weighted by atomic mass is 10.2. The molecule has 0 aliphatic heterocycles. The summed E-state index contributed by atoms with van der Waals surface area (Å²) in [6, 6.07) is 1.23. The second-order valence-corrected chi connectivity index (χ2v) is 3.67. The summed E-state index contributed by atoms with van der Waals surface area (Å²) in [7, 11) is 0. The summed E-state index contributed by atoms with van der Waals surface area (Å²) in [5.41, 5.74) is -0.163. The van der Waals surface area contributed by atoms with Gasteiger partial charge in [0.05, 0.1) is 12.9 Å². The van der Waals surface area contributed by atoms with Crippen LogP contribution in [0.25, 0.3) is 0 Å². The van der Waals surface area contributed by atoms with Crippen LogP contribution in [0.1, 0.15) is 53.5 Å². The van der Waals surface area contributed by atoms with Crippen molar-refractivity contribution >= 4 is 11.9 Å². The fourth-order valence-corrected chi connectivity index (χ4v) is 1.40. The van der Waals surface area contributed by atoms with Gasteiger partial charge in [-0.15, -0.1) is 0 Å². The Morgan fingerprint density at radius 1 is 1.35 bits per heavy atom. The van der Waals surface area contributed by atoms with Gasteiger partial charge in [0.15, 0.2) is 0 Å². The van der Waals surface area contributed by atoms with E-state index >= 15 is 0 Å². The quantitative estimate of drug-likeness (QED) is 0.585. The van der Waals surface area contributed by atoms with Crippen molar-refractivity contribution in [3.63, 3.8) is 0 Å². The van der Waals surface area contributed by atoms with Crippen molar-refractivity contribution in [1.82, 2.24) is 0 Å². The molecule has 0 aromatic carbocycles. The Labute approximate surface area is 99.4 Å². The minimum Gasteiger partial charge on any atom is -0.478 e. The summed E-state index contributed by atoms with van der Waals surface area (Å²) in [6.45, 7) is 2.38. The number of hydrogen-bond donors (Lipinski definition) is 1. The van der Waals surface area contributed by atoms with Crippen LogP contribution in [0.15, 0.2) is 16.7 Å². The first-order valence-electron chi connectivity index (χ1n) is 5.64. The first-order valence-corrected chi connectivity index (χ1v) is 5.64. The van der Waals surface area contributed by atoms with Crippen LogP contribution in [-0.2, 0) is 4.74 Å². The number of rotatable bonds is 7. The van der Waals surface area contributed by atoms with Crippen LogP contribution in [0, 0.1) is 0 Å². The number of carbonyl (C=O) groups is 2. The van der Waals surface area contributed by atoms with Crippen LogP contribution in [0.4, 0.5) is 0 Å². The lowest BCUT2D eigenvalue weighted by molar-refractivity contribution is 0.0450. The summed E-state index contributed by atoms with van der Waals surface area (Å²) in [5, 5.41) is 8.78. The highest BCUT2D eigenvalue weighted by molar-refractivity contribution is 6.00. The first-order chi connectivity index (χ1) is 8.16. The number of esters is 1. The maximum Gasteiger partial charge on any atom is 0.375 e. The Hall–Kier alpha value is -1.78. The maximum atomic E-state index is 11.5. The Morgan fingerprint density at radius 3 is 2.76 bits per heavy atom. The summed E-state index contributed by atoms with van der Waals surface area (Å²) in [4.78, 5) is 22.2. The highest BCUT2D eigenvalue weighted by Crippen LogP contribution is 2.12. The van der Waals surface area contributed by atoms with Gasteiger partial charge in [0.25, 0.3) is 0 Å². The summed E-state index contributed by atoms with van der Waals surface area (Å²) < 4.78 is 9.74. The Balaban J connectivity index is 2.42. The number of unbranched alkanes of at least 4 members (excludes halogenated alkanes) is 3. The Kier molecular flexibility index (Phi) is 5.26. The van der Waals surface area contributed by atoms with Crippen molar-refractivity contribution in [2.45, 2.75) is 32.6 Å². The first kappa shape index (κ1) is 13.3. The fourth-order valence-electron chi connectivity index (χ4n) is 1.40. The van der Waals surface area contributed by atoms with Crippen molar-refractivity contribution in [1.29, 1.82) is 0 Å². The van der Waals surface area contributed by atoms with E-state index in [2.05, 4.69) is 6.92 Å². The monoisotopic (exact) mass is 240 g/mol. The summed E-state index contributed by atoms with van der Waals surface area (Å²) >= 11 is 0. The number of ether oxygens (including phenoxy) is 1. The molecule has 5 heteroatoms. The van der Waals surface area contributed by atoms with Crippen LogP contribution < -0.4 is 0 Å². The molecule has 0 aliphatic rings. The van der Waals surface area contributed by atoms with Crippen LogP contribution in [0.3, 0.4) is 0 Å². The third-order valence-corrected chi connectivity index (χ3v) is 2.31. The normalized spacial score (nSPS) is 10.2. The molecule has 0 fully saturated rings. The SMILES string of the molecule is CCCCCCOC(=O)c1occc1C(=O)O. The van der Waals surface area contributed by atoms with Crippen LogP contribution >= 0.6 is 0 Å². The molecule has 1 heterocycles. The molecule has 1 N–H and O–H groups in total. The van der Waals surface area contributed by atoms with Crippen LogP contribution in [0.5, 0.6) is 0 Å². The Bertz CT molecular complexity index is 380. The van der Waals surface area contributed by atoms with E-state index < -0.39 is 11.9 Å². The van der Waals surface area contributed by atoms with Gasteiger partial charge in [-0.2, -0.15) is 0 Å². The molecular formula is C12H16O5. The van der Waals surface area contributed by atoms with Gasteiger partial charge < -0.3 is 14.3 Å². The van der Waals surface area contributed by atoms with Crippen LogP contribution in [0.2, 0.25) is 0 Å². The number of aromatic carboxylic acids is 1. The van der Waals surface area contributed by atoms with Gasteiger partial charge in [-0.25, -0.2) is 9.59 Å². The van der Waals surface area contributed by atoms with Gasteiger partial charge in [0.1, 0.15) is 5.56 Å². The zero-order chi connectivity index (χ0) is 12.7. The van der Waals surface area contributed by atoms with E-state index in [1.165, 1.54) is 6.07 Å². The average molecular weight is 240 g/mol. The predicted octanol–water partition coefficient (Wildman–Crippen LogP) is 2.71. The summed E-state index contributed by atoms with van der Waals surface area (Å²) in [6.07, 6.45) is 5.14. The molecule has 0 saturated carbocycles. The van der Waals surface area contributed by atoms with E-state index in [-0.39, 0.29) is 11.3 Å². The number of hydrogen-bond acceptors (Lipinski definition) is 4. The maximum absolute atomic E-state index is 11.5. The zero-order valence-electron chi connectivity index (χ0n) is 9.77. The van der Waals surface area contributed by atoms with Gasteiger partial charge in [-0.05, 0) is 12.5 Å². The molecule has 0 atom stereocenters. The van der Waals surface area contributed by atoms with E-state index in [1.54, 1.807) is 0 Å². The third kappa shape index (κ3) is 3.94. The van der Waals surface area contributed by atoms with Crippen molar-refractivity contribution in [3.05, 3.63) is 23.7 Å². The van der Waals surface area contributed by atoms with Gasteiger partial charge in [-0.3, -0.25) is 0 Å². The molecule has 0 aliphatic carbocycles. The van der Waals surface area contributed by atoms with Gasteiger partial charge >= 0.3 is 11.9 Å². The Morgan fingerprint density at radius 2 is 2.12 bits per heavy atom. The molecule has 5 nitrogen and oxygen atoms in total. The molecule has 17 heavy (non-hydrogen) atoms. The molecule has 0 saturated heterocycles. The molecule has 1 rings (SSSR count). The van der Waals surface area contributed by atoms with E-state index in [4.69, 9.17) is 14.3 Å². The van der Waals surface area contributed by atoms with E-state index in [9.17, 15) is 9.59 Å². The number of furan rings is 1. The predicted molar refractivity (Wildman–Crippen MR) is 60.1 cm³/mol. The fraction of sp³-hybridized carbons (Fsp3) is 0.500. The van der Waals surface area contributed by atoms with Gasteiger partial charge in [-0.1, -0.05) is 26.2 Å². The molecule has 0 amide bonds. The molecule has 0 bridgehead atoms. The lowest BCUT2D eigenvalue weighted by Gasteiger charge is -2.02. The van der Waals surface area contributed by atoms with E-state index in [0.717, 1.165) is 31.9 Å². The van der Waals surface area contributed by atoms with Crippen molar-refractivity contribution in [3.8, 4) is 0 Å². The smallest absolute Gasteiger partial charge is 0.375 e. The minimum atomic E-state index is -1.20. The van der Waals surface area contributed by atoms with Gasteiger partial charge in [0, 0.05) is 0 Å². The van der Waals surface area contributed by atoms with E-state index in [1.807, 2.05) is 0 Å². The second-order valence-electron chi connectivity index (χ2n) is 3.67. The van der Waals surface area contributed by atoms with Crippen LogP contribution in [-0.4, -0.2) is 23.7 Å². The van der Waals surface area contributed by atoms with Gasteiger partial charge in [0.2, 0.25) is 5.76 Å². The minimum absolute atomic E-state index is 0.163. The molecule has 0 unspecified atom stereocenters. The lowest BCUT2D eigenvalue weighted by Crippen LogP contribution is -2.10. The number of carbonyl (C=O) groups excluding carboxylic acids is 1.